The first-order valence-corrected chi connectivity index (χ1v) is 7.45. The van der Waals surface area contributed by atoms with Crippen LogP contribution < -0.4 is 14.8 Å². The number of hydrogen-bond acceptors (Lipinski definition) is 3. The molecule has 0 fully saturated rings. The van der Waals surface area contributed by atoms with E-state index < -0.39 is 6.61 Å². The lowest BCUT2D eigenvalue weighted by molar-refractivity contribution is -0.0512. The van der Waals surface area contributed by atoms with Gasteiger partial charge in [-0.1, -0.05) is 18.2 Å². The molecule has 0 saturated heterocycles. The predicted octanol–water partition coefficient (Wildman–Crippen LogP) is 3.99. The first kappa shape index (κ1) is 17.2. The van der Waals surface area contributed by atoms with Crippen LogP contribution in [0.1, 0.15) is 15.9 Å². The normalized spacial score (nSPS) is 10.5. The summed E-state index contributed by atoms with van der Waals surface area (Å²) in [5, 5.41) is 2.75. The molecule has 4 nitrogen and oxygen atoms in total. The Morgan fingerprint density at radius 1 is 1.22 bits per heavy atom. The smallest absolute Gasteiger partial charge is 0.387 e. The van der Waals surface area contributed by atoms with Gasteiger partial charge in [0.1, 0.15) is 0 Å². The van der Waals surface area contributed by atoms with E-state index in [-0.39, 0.29) is 24.0 Å². The van der Waals surface area contributed by atoms with Gasteiger partial charge in [0.15, 0.2) is 11.5 Å². The van der Waals surface area contributed by atoms with Crippen LogP contribution in [-0.2, 0) is 6.54 Å². The molecule has 2 aromatic rings. The lowest BCUT2D eigenvalue weighted by Gasteiger charge is -2.12. The van der Waals surface area contributed by atoms with Gasteiger partial charge in [-0.3, -0.25) is 4.79 Å². The highest BCUT2D eigenvalue weighted by Crippen LogP contribution is 2.29. The zero-order valence-corrected chi connectivity index (χ0v) is 13.8. The summed E-state index contributed by atoms with van der Waals surface area (Å²) in [7, 11) is 1.36. The molecule has 2 aromatic carbocycles. The molecule has 1 amide bonds. The van der Waals surface area contributed by atoms with Crippen molar-refractivity contribution in [2.24, 2.45) is 0 Å². The number of halogens is 3. The quantitative estimate of drug-likeness (QED) is 0.817. The summed E-state index contributed by atoms with van der Waals surface area (Å²) in [6, 6.07) is 11.5. The summed E-state index contributed by atoms with van der Waals surface area (Å²) in [6.45, 7) is -2.70. The van der Waals surface area contributed by atoms with Crippen LogP contribution in [0.15, 0.2) is 46.9 Å². The summed E-state index contributed by atoms with van der Waals surface area (Å²) in [5.74, 6) is -0.120. The fourth-order valence-electron chi connectivity index (χ4n) is 1.94. The highest BCUT2D eigenvalue weighted by Gasteiger charge is 2.12. The highest BCUT2D eigenvalue weighted by molar-refractivity contribution is 9.10. The average molecular weight is 386 g/mol. The largest absolute Gasteiger partial charge is 0.493 e. The molecule has 7 heteroatoms. The van der Waals surface area contributed by atoms with Crippen LogP contribution in [-0.4, -0.2) is 19.6 Å². The number of amides is 1. The molecule has 0 aliphatic rings. The third kappa shape index (κ3) is 4.66. The van der Waals surface area contributed by atoms with Crippen molar-refractivity contribution in [1.82, 2.24) is 5.32 Å². The molecule has 0 unspecified atom stereocenters. The molecule has 0 saturated carbocycles. The van der Waals surface area contributed by atoms with Gasteiger partial charge in [0, 0.05) is 11.0 Å². The summed E-state index contributed by atoms with van der Waals surface area (Å²) in [5.41, 5.74) is 1.21. The van der Waals surface area contributed by atoms with E-state index in [1.54, 1.807) is 24.3 Å². The molecular weight excluding hydrogens is 372 g/mol. The third-order valence-corrected chi connectivity index (χ3v) is 3.71. The van der Waals surface area contributed by atoms with Crippen molar-refractivity contribution in [2.75, 3.05) is 7.11 Å². The maximum absolute atomic E-state index is 12.3. The monoisotopic (exact) mass is 385 g/mol. The van der Waals surface area contributed by atoms with Gasteiger partial charge in [0.25, 0.3) is 5.91 Å². The van der Waals surface area contributed by atoms with E-state index in [2.05, 4.69) is 26.0 Å². The summed E-state index contributed by atoms with van der Waals surface area (Å²) in [4.78, 5) is 12.1. The topological polar surface area (TPSA) is 47.6 Å². The Morgan fingerprint density at radius 3 is 2.61 bits per heavy atom. The van der Waals surface area contributed by atoms with Crippen LogP contribution in [0.5, 0.6) is 11.5 Å². The number of hydrogen-bond donors (Lipinski definition) is 1. The first-order valence-electron chi connectivity index (χ1n) is 6.65. The number of ether oxygens (including phenoxy) is 2. The molecule has 0 radical (unpaired) electrons. The molecule has 23 heavy (non-hydrogen) atoms. The van der Waals surface area contributed by atoms with E-state index in [9.17, 15) is 13.6 Å². The van der Waals surface area contributed by atoms with Crippen LogP contribution in [0, 0.1) is 0 Å². The molecule has 0 aliphatic heterocycles. The van der Waals surface area contributed by atoms with Crippen LogP contribution in [0.3, 0.4) is 0 Å². The Hall–Kier alpha value is -2.15. The van der Waals surface area contributed by atoms with E-state index in [4.69, 9.17) is 4.74 Å². The Labute approximate surface area is 140 Å². The molecule has 122 valence electrons. The lowest BCUT2D eigenvalue weighted by atomic mass is 10.1. The van der Waals surface area contributed by atoms with E-state index in [0.717, 1.165) is 0 Å². The second-order valence-corrected chi connectivity index (χ2v) is 5.38. The van der Waals surface area contributed by atoms with Gasteiger partial charge >= 0.3 is 6.61 Å². The summed E-state index contributed by atoms with van der Waals surface area (Å²) < 4.78 is 34.6. The second-order valence-electron chi connectivity index (χ2n) is 4.53. The molecule has 0 heterocycles. The third-order valence-electron chi connectivity index (χ3n) is 3.02. The summed E-state index contributed by atoms with van der Waals surface area (Å²) >= 11 is 3.31. The minimum absolute atomic E-state index is 0.0524. The van der Waals surface area contributed by atoms with E-state index >= 15 is 0 Å². The fourth-order valence-corrected chi connectivity index (χ4v) is 2.40. The molecule has 0 spiro atoms. The Kier molecular flexibility index (Phi) is 5.92. The van der Waals surface area contributed by atoms with Crippen molar-refractivity contribution >= 4 is 21.8 Å². The van der Waals surface area contributed by atoms with E-state index in [1.165, 1.54) is 19.2 Å². The number of carbonyl (C=O) groups is 1. The van der Waals surface area contributed by atoms with Crippen molar-refractivity contribution < 1.29 is 23.0 Å². The maximum atomic E-state index is 12.3. The standard InChI is InChI=1S/C16H14BrF2NO3/c1-22-14-8-10(6-7-13(14)23-16(18)19)9-20-15(21)11-4-2-3-5-12(11)17/h2-8,16H,9H2,1H3,(H,20,21). The van der Waals surface area contributed by atoms with Crippen LogP contribution >= 0.6 is 15.9 Å². The number of carbonyl (C=O) groups excluding carboxylic acids is 1. The van der Waals surface area contributed by atoms with E-state index in [1.807, 2.05) is 6.07 Å². The zero-order chi connectivity index (χ0) is 16.8. The van der Waals surface area contributed by atoms with Crippen LogP contribution in [0.4, 0.5) is 8.78 Å². The van der Waals surface area contributed by atoms with Crippen molar-refractivity contribution in [3.8, 4) is 11.5 Å². The molecule has 0 atom stereocenters. The minimum atomic E-state index is -2.93. The number of methoxy groups -OCH3 is 1. The van der Waals surface area contributed by atoms with Gasteiger partial charge in [-0.15, -0.1) is 0 Å². The Bertz CT molecular complexity index is 695. The van der Waals surface area contributed by atoms with Gasteiger partial charge in [0.2, 0.25) is 0 Å². The van der Waals surface area contributed by atoms with Gasteiger partial charge in [-0.05, 0) is 45.8 Å². The van der Waals surface area contributed by atoms with Gasteiger partial charge in [-0.25, -0.2) is 0 Å². The summed E-state index contributed by atoms with van der Waals surface area (Å²) in [6.07, 6.45) is 0. The Balaban J connectivity index is 2.06. The maximum Gasteiger partial charge on any atom is 0.387 e. The fraction of sp³-hybridized carbons (Fsp3) is 0.188. The number of rotatable bonds is 6. The van der Waals surface area contributed by atoms with Crippen molar-refractivity contribution in [2.45, 2.75) is 13.2 Å². The number of nitrogens with one attached hydrogen (secondary N) is 1. The van der Waals surface area contributed by atoms with Crippen molar-refractivity contribution in [1.29, 1.82) is 0 Å². The average Bonchev–Trinajstić information content (AvgIpc) is 2.53. The second kappa shape index (κ2) is 7.92. The van der Waals surface area contributed by atoms with Crippen molar-refractivity contribution in [3.05, 3.63) is 58.1 Å². The van der Waals surface area contributed by atoms with E-state index in [0.29, 0.717) is 15.6 Å². The highest BCUT2D eigenvalue weighted by atomic mass is 79.9. The minimum Gasteiger partial charge on any atom is -0.493 e. The molecule has 0 aliphatic carbocycles. The molecule has 2 rings (SSSR count). The predicted molar refractivity (Wildman–Crippen MR) is 84.9 cm³/mol. The number of benzene rings is 2. The van der Waals surface area contributed by atoms with Gasteiger partial charge in [0.05, 0.1) is 12.7 Å². The molecule has 1 N–H and O–H groups in total. The van der Waals surface area contributed by atoms with Gasteiger partial charge in [-0.2, -0.15) is 8.78 Å². The van der Waals surface area contributed by atoms with Crippen LogP contribution in [0.25, 0.3) is 0 Å². The SMILES string of the molecule is COc1cc(CNC(=O)c2ccccc2Br)ccc1OC(F)F. The van der Waals surface area contributed by atoms with Gasteiger partial charge < -0.3 is 14.8 Å². The number of alkyl halides is 2. The first-order chi connectivity index (χ1) is 11.0. The zero-order valence-electron chi connectivity index (χ0n) is 12.2. The van der Waals surface area contributed by atoms with Crippen molar-refractivity contribution in [3.63, 3.8) is 0 Å². The molecule has 0 aromatic heterocycles. The lowest BCUT2D eigenvalue weighted by Crippen LogP contribution is -2.23. The Morgan fingerprint density at radius 2 is 1.96 bits per heavy atom. The molecule has 0 bridgehead atoms. The molecular formula is C16H14BrF2NO3. The van der Waals surface area contributed by atoms with Crippen LogP contribution in [0.2, 0.25) is 0 Å².